The molecule has 5 rings (SSSR count). The molecule has 0 bridgehead atoms. The molecule has 0 amide bonds. The van der Waals surface area contributed by atoms with Crippen LogP contribution in [0.5, 0.6) is 0 Å². The van der Waals surface area contributed by atoms with Crippen LogP contribution in [0.3, 0.4) is 0 Å². The van der Waals surface area contributed by atoms with Gasteiger partial charge in [0.25, 0.3) is 6.01 Å². The number of ether oxygens (including phenoxy) is 1. The van der Waals surface area contributed by atoms with E-state index in [-0.39, 0.29) is 5.69 Å². The number of imidazole rings is 1. The highest BCUT2D eigenvalue weighted by Crippen LogP contribution is 2.27. The number of anilines is 2. The SMILES string of the molecule is Cc1ccc(CN2CCOCC2)cc1Nc1ncc(-c2ccnc(-n3cc[nH]c3=O)c2)o1. The van der Waals surface area contributed by atoms with Crippen molar-refractivity contribution in [2.75, 3.05) is 31.6 Å². The summed E-state index contributed by atoms with van der Waals surface area (Å²) in [5, 5.41) is 3.29. The topological polar surface area (TPSA) is 101 Å². The van der Waals surface area contributed by atoms with E-state index in [9.17, 15) is 4.79 Å². The van der Waals surface area contributed by atoms with Crippen LogP contribution in [0.25, 0.3) is 17.1 Å². The lowest BCUT2D eigenvalue weighted by atomic mass is 10.1. The minimum absolute atomic E-state index is 0.248. The van der Waals surface area contributed by atoms with Gasteiger partial charge in [0.1, 0.15) is 5.82 Å². The average molecular weight is 432 g/mol. The molecule has 9 heteroatoms. The summed E-state index contributed by atoms with van der Waals surface area (Å²) in [6, 6.07) is 10.4. The molecule has 4 heterocycles. The van der Waals surface area contributed by atoms with Gasteiger partial charge in [-0.1, -0.05) is 12.1 Å². The Morgan fingerprint density at radius 3 is 2.84 bits per heavy atom. The summed E-state index contributed by atoms with van der Waals surface area (Å²) in [6.45, 7) is 6.39. The number of nitrogens with one attached hydrogen (secondary N) is 2. The molecule has 0 unspecified atom stereocenters. The number of aromatic nitrogens is 4. The van der Waals surface area contributed by atoms with Crippen molar-refractivity contribution in [3.05, 3.63) is 76.7 Å². The Bertz CT molecular complexity index is 1270. The first-order chi connectivity index (χ1) is 15.7. The molecule has 3 aromatic heterocycles. The second-order valence-electron chi connectivity index (χ2n) is 7.73. The number of benzene rings is 1. The predicted octanol–water partition coefficient (Wildman–Crippen LogP) is 3.10. The number of H-pyrrole nitrogens is 1. The third-order valence-corrected chi connectivity index (χ3v) is 5.49. The number of hydrogen-bond donors (Lipinski definition) is 2. The summed E-state index contributed by atoms with van der Waals surface area (Å²) in [5.41, 5.74) is 3.82. The first-order valence-corrected chi connectivity index (χ1v) is 10.5. The largest absolute Gasteiger partial charge is 0.423 e. The molecule has 1 fully saturated rings. The van der Waals surface area contributed by atoms with Crippen LogP contribution >= 0.6 is 0 Å². The van der Waals surface area contributed by atoms with Gasteiger partial charge < -0.3 is 19.5 Å². The van der Waals surface area contributed by atoms with E-state index in [0.717, 1.165) is 49.7 Å². The molecule has 32 heavy (non-hydrogen) atoms. The van der Waals surface area contributed by atoms with Crippen LogP contribution in [-0.4, -0.2) is 50.7 Å². The summed E-state index contributed by atoms with van der Waals surface area (Å²) in [5.74, 6) is 1.09. The van der Waals surface area contributed by atoms with Crippen LogP contribution in [0.4, 0.5) is 11.7 Å². The van der Waals surface area contributed by atoms with Gasteiger partial charge in [0.05, 0.1) is 19.4 Å². The number of aryl methyl sites for hydroxylation is 1. The van der Waals surface area contributed by atoms with E-state index >= 15 is 0 Å². The number of nitrogens with zero attached hydrogens (tertiary/aromatic N) is 4. The minimum atomic E-state index is -0.248. The minimum Gasteiger partial charge on any atom is -0.423 e. The van der Waals surface area contributed by atoms with Crippen molar-refractivity contribution in [3.8, 4) is 17.1 Å². The first kappa shape index (κ1) is 20.2. The van der Waals surface area contributed by atoms with Crippen LogP contribution in [0.15, 0.2) is 64.3 Å². The van der Waals surface area contributed by atoms with Gasteiger partial charge in [-0.2, -0.15) is 0 Å². The van der Waals surface area contributed by atoms with E-state index in [4.69, 9.17) is 9.15 Å². The maximum atomic E-state index is 11.9. The smallest absolute Gasteiger partial charge is 0.331 e. The zero-order valence-electron chi connectivity index (χ0n) is 17.7. The van der Waals surface area contributed by atoms with Gasteiger partial charge >= 0.3 is 5.69 Å². The molecular weight excluding hydrogens is 408 g/mol. The van der Waals surface area contributed by atoms with Crippen molar-refractivity contribution in [3.63, 3.8) is 0 Å². The number of morpholine rings is 1. The monoisotopic (exact) mass is 432 g/mol. The summed E-state index contributed by atoms with van der Waals surface area (Å²) in [4.78, 5) is 25.5. The highest BCUT2D eigenvalue weighted by molar-refractivity contribution is 5.63. The Labute approximate surface area is 184 Å². The lowest BCUT2D eigenvalue weighted by molar-refractivity contribution is 0.0342. The fourth-order valence-corrected chi connectivity index (χ4v) is 3.70. The Morgan fingerprint density at radius 2 is 2.03 bits per heavy atom. The molecular formula is C23H24N6O3. The Hall–Kier alpha value is -3.69. The second-order valence-corrected chi connectivity index (χ2v) is 7.73. The normalized spacial score (nSPS) is 14.5. The average Bonchev–Trinajstić information content (AvgIpc) is 3.46. The van der Waals surface area contributed by atoms with Crippen LogP contribution < -0.4 is 11.0 Å². The Kier molecular flexibility index (Phi) is 5.57. The second kappa shape index (κ2) is 8.81. The van der Waals surface area contributed by atoms with Crippen molar-refractivity contribution in [2.24, 2.45) is 0 Å². The molecule has 1 aliphatic rings. The molecule has 0 aliphatic carbocycles. The molecule has 1 saturated heterocycles. The number of oxazole rings is 1. The quantitative estimate of drug-likeness (QED) is 0.483. The van der Waals surface area contributed by atoms with Crippen LogP contribution in [0, 0.1) is 6.92 Å². The fourth-order valence-electron chi connectivity index (χ4n) is 3.70. The molecule has 1 aromatic carbocycles. The molecule has 164 valence electrons. The fraction of sp³-hybridized carbons (Fsp3) is 0.261. The lowest BCUT2D eigenvalue weighted by Crippen LogP contribution is -2.35. The maximum absolute atomic E-state index is 11.9. The van der Waals surface area contributed by atoms with Crippen LogP contribution in [0.1, 0.15) is 11.1 Å². The number of pyridine rings is 1. The van der Waals surface area contributed by atoms with E-state index in [1.807, 2.05) is 6.07 Å². The molecule has 4 aromatic rings. The predicted molar refractivity (Wildman–Crippen MR) is 120 cm³/mol. The summed E-state index contributed by atoms with van der Waals surface area (Å²) in [6.07, 6.45) is 6.50. The third kappa shape index (κ3) is 4.34. The number of hydrogen-bond acceptors (Lipinski definition) is 7. The van der Waals surface area contributed by atoms with Crippen molar-refractivity contribution >= 4 is 11.7 Å². The van der Waals surface area contributed by atoms with Gasteiger partial charge in [-0.05, 0) is 36.2 Å². The molecule has 1 aliphatic heterocycles. The standard InChI is InChI=1S/C23H24N6O3/c1-16-2-3-17(15-28-8-10-31-11-9-28)12-19(16)27-22-26-14-20(32-22)18-4-5-24-21(13-18)29-7-6-25-23(29)30/h2-7,12-14H,8-11,15H2,1H3,(H,25,30)(H,26,27). The van der Waals surface area contributed by atoms with E-state index in [0.29, 0.717) is 17.6 Å². The molecule has 0 radical (unpaired) electrons. The zero-order valence-corrected chi connectivity index (χ0v) is 17.7. The van der Waals surface area contributed by atoms with Crippen LogP contribution in [-0.2, 0) is 11.3 Å². The van der Waals surface area contributed by atoms with Crippen LogP contribution in [0.2, 0.25) is 0 Å². The molecule has 9 nitrogen and oxygen atoms in total. The van der Waals surface area contributed by atoms with Gasteiger partial charge in [-0.3, -0.25) is 9.47 Å². The zero-order chi connectivity index (χ0) is 21.9. The van der Waals surface area contributed by atoms with E-state index in [1.165, 1.54) is 10.1 Å². The van der Waals surface area contributed by atoms with Gasteiger partial charge in [-0.15, -0.1) is 0 Å². The molecule has 2 N–H and O–H groups in total. The van der Waals surface area contributed by atoms with Gasteiger partial charge in [-0.25, -0.2) is 14.8 Å². The van der Waals surface area contributed by atoms with Crippen molar-refractivity contribution in [2.45, 2.75) is 13.5 Å². The van der Waals surface area contributed by atoms with Gasteiger partial charge in [0, 0.05) is 49.5 Å². The highest BCUT2D eigenvalue weighted by Gasteiger charge is 2.13. The molecule has 0 atom stereocenters. The van der Waals surface area contributed by atoms with Gasteiger partial charge in [0.2, 0.25) is 0 Å². The number of rotatable bonds is 6. The summed E-state index contributed by atoms with van der Waals surface area (Å²) < 4.78 is 12.8. The van der Waals surface area contributed by atoms with E-state index in [1.54, 1.807) is 30.9 Å². The summed E-state index contributed by atoms with van der Waals surface area (Å²) >= 11 is 0. The molecule has 0 saturated carbocycles. The summed E-state index contributed by atoms with van der Waals surface area (Å²) in [7, 11) is 0. The van der Waals surface area contributed by atoms with Crippen molar-refractivity contribution in [1.82, 2.24) is 24.4 Å². The number of aromatic amines is 1. The highest BCUT2D eigenvalue weighted by atomic mass is 16.5. The Morgan fingerprint density at radius 1 is 1.16 bits per heavy atom. The third-order valence-electron chi connectivity index (χ3n) is 5.49. The molecule has 0 spiro atoms. The van der Waals surface area contributed by atoms with Crippen molar-refractivity contribution in [1.29, 1.82) is 0 Å². The van der Waals surface area contributed by atoms with Crippen molar-refractivity contribution < 1.29 is 9.15 Å². The first-order valence-electron chi connectivity index (χ1n) is 10.5. The van der Waals surface area contributed by atoms with E-state index in [2.05, 4.69) is 50.3 Å². The van der Waals surface area contributed by atoms with E-state index < -0.39 is 0 Å². The maximum Gasteiger partial charge on any atom is 0.331 e. The lowest BCUT2D eigenvalue weighted by Gasteiger charge is -2.26. The Balaban J connectivity index is 1.34. The van der Waals surface area contributed by atoms with Gasteiger partial charge in [0.15, 0.2) is 5.76 Å².